The molecule has 7 nitrogen and oxygen atoms in total. The van der Waals surface area contributed by atoms with E-state index in [2.05, 4.69) is 36.7 Å². The molecule has 2 aromatic carbocycles. The highest BCUT2D eigenvalue weighted by Gasteiger charge is 2.65. The van der Waals surface area contributed by atoms with Gasteiger partial charge in [-0.15, -0.1) is 0 Å². The quantitative estimate of drug-likeness (QED) is 0.280. The topological polar surface area (TPSA) is 111 Å². The summed E-state index contributed by atoms with van der Waals surface area (Å²) in [6, 6.07) is 8.53. The van der Waals surface area contributed by atoms with Crippen LogP contribution >= 0.6 is 23.2 Å². The Kier molecular flexibility index (Phi) is 8.93. The van der Waals surface area contributed by atoms with Crippen molar-refractivity contribution in [1.29, 1.82) is 0 Å². The van der Waals surface area contributed by atoms with E-state index in [-0.39, 0.29) is 28.9 Å². The molecule has 10 heteroatoms. The van der Waals surface area contributed by atoms with Crippen molar-refractivity contribution in [2.45, 2.75) is 76.0 Å². The van der Waals surface area contributed by atoms with Crippen LogP contribution < -0.4 is 16.0 Å². The number of carbonyl (C=O) groups is 2. The number of aliphatic hydroxyl groups is 2. The second kappa shape index (κ2) is 11.7. The van der Waals surface area contributed by atoms with Gasteiger partial charge in [0.25, 0.3) is 0 Å². The Hall–Kier alpha value is -2.23. The third-order valence-corrected chi connectivity index (χ3v) is 8.19. The zero-order valence-corrected chi connectivity index (χ0v) is 23.9. The van der Waals surface area contributed by atoms with Crippen molar-refractivity contribution in [3.05, 3.63) is 63.4 Å². The lowest BCUT2D eigenvalue weighted by Crippen LogP contribution is -2.49. The van der Waals surface area contributed by atoms with Crippen LogP contribution in [0.2, 0.25) is 10.0 Å². The number of carbonyl (C=O) groups excluding carboxylic acids is 2. The molecule has 0 saturated carbocycles. The van der Waals surface area contributed by atoms with Gasteiger partial charge in [-0.3, -0.25) is 9.59 Å². The summed E-state index contributed by atoms with van der Waals surface area (Å²) < 4.78 is 14.9. The zero-order chi connectivity index (χ0) is 28.5. The van der Waals surface area contributed by atoms with Crippen molar-refractivity contribution >= 4 is 40.7 Å². The number of hydrogen-bond donors (Lipinski definition) is 5. The molecule has 39 heavy (non-hydrogen) atoms. The normalized spacial score (nSPS) is 25.0. The monoisotopic (exact) mass is 579 g/mol. The van der Waals surface area contributed by atoms with Gasteiger partial charge in [-0.2, -0.15) is 0 Å². The molecule has 0 unspecified atom stereocenters. The van der Waals surface area contributed by atoms with E-state index >= 15 is 0 Å². The largest absolute Gasteiger partial charge is 0.394 e. The molecule has 1 spiro atoms. The molecule has 212 valence electrons. The van der Waals surface area contributed by atoms with E-state index in [1.54, 1.807) is 18.2 Å². The van der Waals surface area contributed by atoms with Crippen LogP contribution in [0.25, 0.3) is 0 Å². The van der Waals surface area contributed by atoms with Crippen LogP contribution in [0.3, 0.4) is 0 Å². The van der Waals surface area contributed by atoms with Crippen molar-refractivity contribution < 1.29 is 24.2 Å². The lowest BCUT2D eigenvalue weighted by molar-refractivity contribution is -0.123. The highest BCUT2D eigenvalue weighted by molar-refractivity contribution is 6.31. The van der Waals surface area contributed by atoms with E-state index in [4.69, 9.17) is 28.3 Å². The molecule has 2 heterocycles. The van der Waals surface area contributed by atoms with E-state index in [0.29, 0.717) is 54.1 Å². The summed E-state index contributed by atoms with van der Waals surface area (Å²) >= 11 is 12.5. The Morgan fingerprint density at radius 3 is 2.62 bits per heavy atom. The van der Waals surface area contributed by atoms with Crippen molar-refractivity contribution in [3.8, 4) is 0 Å². The number of amides is 2. The van der Waals surface area contributed by atoms with Crippen molar-refractivity contribution in [2.24, 2.45) is 5.41 Å². The molecule has 2 aliphatic heterocycles. The molecule has 0 radical (unpaired) electrons. The summed E-state index contributed by atoms with van der Waals surface area (Å²) in [6.45, 7) is 6.23. The zero-order valence-electron chi connectivity index (χ0n) is 22.4. The first-order valence-electron chi connectivity index (χ1n) is 13.3. The molecule has 0 aliphatic carbocycles. The van der Waals surface area contributed by atoms with Gasteiger partial charge in [-0.05, 0) is 66.5 Å². The maximum atomic E-state index is 14.9. The minimum atomic E-state index is -1.30. The number of benzene rings is 2. The van der Waals surface area contributed by atoms with Gasteiger partial charge in [0.2, 0.25) is 11.8 Å². The van der Waals surface area contributed by atoms with Crippen molar-refractivity contribution in [1.82, 2.24) is 10.6 Å². The fourth-order valence-corrected chi connectivity index (χ4v) is 6.41. The van der Waals surface area contributed by atoms with Crippen LogP contribution in [0.5, 0.6) is 0 Å². The lowest BCUT2D eigenvalue weighted by Gasteiger charge is -2.37. The van der Waals surface area contributed by atoms with E-state index in [1.165, 1.54) is 12.1 Å². The average Bonchev–Trinajstić information content (AvgIpc) is 3.33. The molecule has 0 bridgehead atoms. The van der Waals surface area contributed by atoms with Gasteiger partial charge < -0.3 is 26.2 Å². The predicted octanol–water partition coefficient (Wildman–Crippen LogP) is 4.52. The van der Waals surface area contributed by atoms with E-state index in [0.717, 1.165) is 0 Å². The number of rotatable bonds is 9. The summed E-state index contributed by atoms with van der Waals surface area (Å²) in [5.74, 6) is -1.93. The van der Waals surface area contributed by atoms with Crippen LogP contribution in [0.15, 0.2) is 36.4 Å². The Balaban J connectivity index is 1.78. The first kappa shape index (κ1) is 29.7. The van der Waals surface area contributed by atoms with Crippen LogP contribution in [0.4, 0.5) is 10.1 Å². The number of aliphatic hydroxyl groups excluding tert-OH is 2. The van der Waals surface area contributed by atoms with Gasteiger partial charge in [0.15, 0.2) is 0 Å². The Bertz CT molecular complexity index is 1240. The third kappa shape index (κ3) is 5.95. The Morgan fingerprint density at radius 2 is 1.95 bits per heavy atom. The van der Waals surface area contributed by atoms with Crippen LogP contribution in [-0.4, -0.2) is 53.4 Å². The SMILES string of the molecule is CC(C)(C)C[C@H]1N[C@@H](C(=O)NCCCC[C@H](O)CO)[C@H](c2cccc(Cl)c2)[C@@]12C(=O)Nc1cc(Cl)c(F)cc12. The summed E-state index contributed by atoms with van der Waals surface area (Å²) in [7, 11) is 0. The van der Waals surface area contributed by atoms with Crippen molar-refractivity contribution in [3.63, 3.8) is 0 Å². The first-order valence-corrected chi connectivity index (χ1v) is 14.0. The van der Waals surface area contributed by atoms with Gasteiger partial charge >= 0.3 is 0 Å². The van der Waals surface area contributed by atoms with E-state index in [9.17, 15) is 19.1 Å². The number of anilines is 1. The lowest BCUT2D eigenvalue weighted by atomic mass is 9.62. The summed E-state index contributed by atoms with van der Waals surface area (Å²) in [6.07, 6.45) is 1.42. The molecule has 2 aromatic rings. The molecule has 0 aromatic heterocycles. The third-order valence-electron chi connectivity index (χ3n) is 7.67. The number of nitrogens with one attached hydrogen (secondary N) is 3. The van der Waals surface area contributed by atoms with Gasteiger partial charge in [-0.25, -0.2) is 4.39 Å². The molecule has 5 atom stereocenters. The predicted molar refractivity (Wildman–Crippen MR) is 151 cm³/mol. The highest BCUT2D eigenvalue weighted by Crippen LogP contribution is 2.57. The number of halogens is 3. The van der Waals surface area contributed by atoms with Crippen molar-refractivity contribution in [2.75, 3.05) is 18.5 Å². The molecule has 5 N–H and O–H groups in total. The molecule has 1 saturated heterocycles. The van der Waals surface area contributed by atoms with Gasteiger partial charge in [0.1, 0.15) is 11.2 Å². The summed E-state index contributed by atoms with van der Waals surface area (Å²) in [4.78, 5) is 27.8. The maximum Gasteiger partial charge on any atom is 0.237 e. The number of hydrogen-bond acceptors (Lipinski definition) is 5. The molecule has 2 amide bonds. The van der Waals surface area contributed by atoms with E-state index in [1.807, 2.05) is 6.07 Å². The fraction of sp³-hybridized carbons (Fsp3) is 0.517. The minimum Gasteiger partial charge on any atom is -0.394 e. The second-order valence-corrected chi connectivity index (χ2v) is 12.6. The molecule has 2 aliphatic rings. The number of unbranched alkanes of at least 4 members (excludes halogenated alkanes) is 1. The summed E-state index contributed by atoms with van der Waals surface area (Å²) in [5.41, 5.74) is 0.0654. The van der Waals surface area contributed by atoms with E-state index < -0.39 is 35.3 Å². The van der Waals surface area contributed by atoms with Gasteiger partial charge in [0.05, 0.1) is 23.8 Å². The fourth-order valence-electron chi connectivity index (χ4n) is 6.05. The minimum absolute atomic E-state index is 0.0932. The Morgan fingerprint density at radius 1 is 1.21 bits per heavy atom. The average molecular weight is 581 g/mol. The number of fused-ring (bicyclic) bond motifs is 2. The molecule has 4 rings (SSSR count). The van der Waals surface area contributed by atoms with Crippen LogP contribution in [-0.2, 0) is 15.0 Å². The van der Waals surface area contributed by atoms with Gasteiger partial charge in [-0.1, -0.05) is 56.1 Å². The van der Waals surface area contributed by atoms with Crippen LogP contribution in [0.1, 0.15) is 63.5 Å². The standard InChI is InChI=1S/C29H36Cl2FN3O4/c1-28(2,3)14-23-29(19-12-21(32)20(31)13-22(19)34-27(29)39)24(16-7-6-8-17(30)11-16)25(35-23)26(38)33-10-5-4-9-18(37)15-36/h6-8,11-13,18,23-25,35-37H,4-5,9-10,14-15H2,1-3H3,(H,33,38)(H,34,39)/t18-,23+,24-,25+,29-/m0/s1. The summed E-state index contributed by atoms with van der Waals surface area (Å²) in [5, 5.41) is 28.3. The maximum absolute atomic E-state index is 14.9. The highest BCUT2D eigenvalue weighted by atomic mass is 35.5. The van der Waals surface area contributed by atoms with Gasteiger partial charge in [0, 0.05) is 29.2 Å². The molecular formula is C29H36Cl2FN3O4. The smallest absolute Gasteiger partial charge is 0.237 e. The second-order valence-electron chi connectivity index (χ2n) is 11.8. The first-order chi connectivity index (χ1) is 18.4. The van der Waals surface area contributed by atoms with Crippen LogP contribution in [0, 0.1) is 11.2 Å². The molecular weight excluding hydrogens is 544 g/mol. The Labute approximate surface area is 238 Å². The molecule has 1 fully saturated rings.